The summed E-state index contributed by atoms with van der Waals surface area (Å²) in [7, 11) is -2.36. The number of rotatable bonds is 8. The Balaban J connectivity index is 1.34. The van der Waals surface area contributed by atoms with Gasteiger partial charge in [-0.2, -0.15) is 0 Å². The number of benzene rings is 1. The molecule has 2 bridgehead atoms. The summed E-state index contributed by atoms with van der Waals surface area (Å²) in [6.07, 6.45) is 5.50. The summed E-state index contributed by atoms with van der Waals surface area (Å²) in [4.78, 5) is 66.7. The van der Waals surface area contributed by atoms with Gasteiger partial charge < -0.3 is 29.7 Å². The molecule has 3 heterocycles. The van der Waals surface area contributed by atoms with Crippen LogP contribution in [0.15, 0.2) is 30.9 Å². The topological polar surface area (TPSA) is 195 Å². The fourth-order valence-electron chi connectivity index (χ4n) is 7.17. The van der Waals surface area contributed by atoms with Gasteiger partial charge in [-0.05, 0) is 75.3 Å². The van der Waals surface area contributed by atoms with Gasteiger partial charge in [0.25, 0.3) is 5.91 Å². The highest BCUT2D eigenvalue weighted by Crippen LogP contribution is 2.39. The average Bonchev–Trinajstić information content (AvgIpc) is 4.04. The van der Waals surface area contributed by atoms with Crippen LogP contribution < -0.4 is 24.8 Å². The molecule has 4 amide bonds. The molecule has 2 aliphatic heterocycles. The summed E-state index contributed by atoms with van der Waals surface area (Å²) >= 11 is 0. The van der Waals surface area contributed by atoms with Gasteiger partial charge >= 0.3 is 6.09 Å². The zero-order chi connectivity index (χ0) is 39.0. The molecule has 1 aromatic carbocycles. The number of ether oxygens (including phenoxy) is 3. The maximum Gasteiger partial charge on any atom is 0.408 e. The Morgan fingerprint density at radius 1 is 1.06 bits per heavy atom. The summed E-state index contributed by atoms with van der Waals surface area (Å²) in [6.45, 7) is 10.5. The van der Waals surface area contributed by atoms with Gasteiger partial charge in [-0.1, -0.05) is 39.7 Å². The Hall–Kier alpha value is -4.47. The maximum absolute atomic E-state index is 14.6. The molecule has 0 radical (unpaired) electrons. The van der Waals surface area contributed by atoms with Crippen LogP contribution in [0.2, 0.25) is 0 Å². The molecule has 2 aromatic rings. The van der Waals surface area contributed by atoms with Crippen LogP contribution >= 0.6 is 0 Å². The monoisotopic (exact) mass is 768 g/mol. The highest BCUT2D eigenvalue weighted by atomic mass is 32.2. The molecule has 1 saturated heterocycles. The number of nitrogens with one attached hydrogen (secondary N) is 3. The molecule has 3 N–H and O–H groups in total. The van der Waals surface area contributed by atoms with Gasteiger partial charge in [0.2, 0.25) is 27.7 Å². The predicted octanol–water partition coefficient (Wildman–Crippen LogP) is 3.69. The van der Waals surface area contributed by atoms with E-state index in [0.29, 0.717) is 41.7 Å². The van der Waals surface area contributed by atoms with Crippen LogP contribution in [0, 0.1) is 11.3 Å². The van der Waals surface area contributed by atoms with Gasteiger partial charge in [0, 0.05) is 12.5 Å². The van der Waals surface area contributed by atoms with Crippen LogP contribution in [0.25, 0.3) is 11.0 Å². The van der Waals surface area contributed by atoms with Crippen LogP contribution in [-0.2, 0) is 35.6 Å². The SMILES string of the molecule is C=CC[C@@](C)(NC(=O)[C@@H]1C[C@@H]2CN1C(=O)[C@H](C(C)(C)C)NC(=O)O[C@@H]1C[C@H]1CCCCCc1nc3ccc(OC)cc3nc1O2)C(=O)NS(=O)(=O)C1CC1. The Morgan fingerprint density at radius 3 is 2.50 bits per heavy atom. The van der Waals surface area contributed by atoms with Gasteiger partial charge in [0.1, 0.15) is 41.3 Å². The number of aromatic nitrogens is 2. The maximum atomic E-state index is 14.6. The number of hydrogen-bond donors (Lipinski definition) is 3. The molecule has 4 aliphatic rings. The van der Waals surface area contributed by atoms with Gasteiger partial charge in [-0.3, -0.25) is 19.1 Å². The van der Waals surface area contributed by atoms with Crippen molar-refractivity contribution in [3.05, 3.63) is 36.5 Å². The molecule has 0 unspecified atom stereocenters. The molecule has 16 heteroatoms. The highest BCUT2D eigenvalue weighted by Gasteiger charge is 2.49. The number of fused-ring (bicyclic) bond motifs is 5. The van der Waals surface area contributed by atoms with E-state index in [0.717, 1.165) is 32.1 Å². The van der Waals surface area contributed by atoms with Crippen molar-refractivity contribution < 1.29 is 41.8 Å². The van der Waals surface area contributed by atoms with Crippen LogP contribution in [0.5, 0.6) is 11.6 Å². The van der Waals surface area contributed by atoms with Crippen molar-refractivity contribution in [1.82, 2.24) is 30.2 Å². The summed E-state index contributed by atoms with van der Waals surface area (Å²) in [5.74, 6) is -1.02. The molecule has 6 atom stereocenters. The number of carbonyl (C=O) groups excluding carboxylic acids is 4. The van der Waals surface area contributed by atoms with E-state index < -0.39 is 68.2 Å². The summed E-state index contributed by atoms with van der Waals surface area (Å²) in [6, 6.07) is 3.15. The van der Waals surface area contributed by atoms with E-state index >= 15 is 0 Å². The summed E-state index contributed by atoms with van der Waals surface area (Å²) < 4.78 is 45.2. The molecule has 2 aliphatic carbocycles. The average molecular weight is 769 g/mol. The lowest BCUT2D eigenvalue weighted by Gasteiger charge is -2.36. The fraction of sp³-hybridized carbons (Fsp3) is 0.632. The van der Waals surface area contributed by atoms with Crippen molar-refractivity contribution in [2.45, 2.75) is 127 Å². The molecule has 3 fully saturated rings. The Morgan fingerprint density at radius 2 is 1.81 bits per heavy atom. The molecule has 6 rings (SSSR count). The molecule has 294 valence electrons. The van der Waals surface area contributed by atoms with Crippen LogP contribution in [-0.4, -0.2) is 95.8 Å². The van der Waals surface area contributed by atoms with Crippen molar-refractivity contribution in [2.75, 3.05) is 13.7 Å². The number of hydrogen-bond acceptors (Lipinski definition) is 11. The number of sulfonamides is 1. The standard InChI is InChI=1S/C38H52N6O9S/c1-7-17-38(5,35(47)43-54(49,50)25-14-15-25)42-32(45)29-20-24-21-44(29)34(46)31(37(2,3)4)41-36(48)53-30-18-22(30)11-9-8-10-12-27-33(52-24)40-28-19-23(51-6)13-16-26(28)39-27/h7,13,16,19,22,24-25,29-31H,1,8-12,14-15,17-18,20-21H2,2-6H3,(H,41,48)(H,42,45)(H,43,47)/t22-,24-,29+,30-,31-,38-/m1/s1. The minimum atomic E-state index is -3.93. The number of methoxy groups -OCH3 is 1. The number of nitrogens with zero attached hydrogens (tertiary/aromatic N) is 3. The van der Waals surface area contributed by atoms with E-state index in [1.54, 1.807) is 33.9 Å². The van der Waals surface area contributed by atoms with Crippen molar-refractivity contribution >= 4 is 44.9 Å². The van der Waals surface area contributed by atoms with Gasteiger partial charge in [0.05, 0.1) is 29.9 Å². The van der Waals surface area contributed by atoms with E-state index in [1.165, 1.54) is 17.9 Å². The molecular weight excluding hydrogens is 717 g/mol. The number of aryl methyl sites for hydroxylation is 1. The lowest BCUT2D eigenvalue weighted by Crippen LogP contribution is -2.62. The van der Waals surface area contributed by atoms with Gasteiger partial charge in [0.15, 0.2) is 0 Å². The summed E-state index contributed by atoms with van der Waals surface area (Å²) in [5, 5.41) is 4.86. The van der Waals surface area contributed by atoms with E-state index in [2.05, 4.69) is 21.9 Å². The van der Waals surface area contributed by atoms with Gasteiger partial charge in [-0.25, -0.2) is 23.2 Å². The molecular formula is C38H52N6O9S. The molecule has 54 heavy (non-hydrogen) atoms. The van der Waals surface area contributed by atoms with E-state index in [4.69, 9.17) is 24.2 Å². The van der Waals surface area contributed by atoms with Crippen molar-refractivity contribution in [2.24, 2.45) is 11.3 Å². The predicted molar refractivity (Wildman–Crippen MR) is 199 cm³/mol. The first-order valence-corrected chi connectivity index (χ1v) is 20.3. The molecule has 2 saturated carbocycles. The van der Waals surface area contributed by atoms with E-state index in [1.807, 2.05) is 12.1 Å². The normalized spacial score (nSPS) is 26.3. The van der Waals surface area contributed by atoms with E-state index in [9.17, 15) is 27.6 Å². The van der Waals surface area contributed by atoms with Crippen molar-refractivity contribution in [3.63, 3.8) is 0 Å². The number of alkyl carbamates (subject to hydrolysis) is 1. The zero-order valence-corrected chi connectivity index (χ0v) is 32.5. The Kier molecular flexibility index (Phi) is 11.1. The second kappa shape index (κ2) is 15.3. The lowest BCUT2D eigenvalue weighted by molar-refractivity contribution is -0.143. The van der Waals surface area contributed by atoms with Crippen LogP contribution in [0.1, 0.15) is 91.2 Å². The van der Waals surface area contributed by atoms with E-state index in [-0.39, 0.29) is 37.3 Å². The first kappa shape index (κ1) is 39.2. The fourth-order valence-corrected chi connectivity index (χ4v) is 8.57. The van der Waals surface area contributed by atoms with Crippen molar-refractivity contribution in [3.8, 4) is 11.6 Å². The second-order valence-corrected chi connectivity index (χ2v) is 18.2. The third-order valence-electron chi connectivity index (χ3n) is 10.7. The third kappa shape index (κ3) is 8.90. The molecule has 0 spiro atoms. The molecule has 15 nitrogen and oxygen atoms in total. The second-order valence-electron chi connectivity index (χ2n) is 16.3. The van der Waals surface area contributed by atoms with Crippen LogP contribution in [0.3, 0.4) is 0 Å². The minimum Gasteiger partial charge on any atom is -0.497 e. The van der Waals surface area contributed by atoms with Crippen LogP contribution in [0.4, 0.5) is 4.79 Å². The number of carbonyl (C=O) groups is 4. The number of amides is 4. The largest absolute Gasteiger partial charge is 0.497 e. The molecule has 1 aromatic heterocycles. The Labute approximate surface area is 316 Å². The van der Waals surface area contributed by atoms with Crippen molar-refractivity contribution in [1.29, 1.82) is 0 Å². The summed E-state index contributed by atoms with van der Waals surface area (Å²) in [5.41, 5.74) is -0.642. The third-order valence-corrected chi connectivity index (χ3v) is 12.5. The first-order chi connectivity index (χ1) is 25.5. The minimum absolute atomic E-state index is 0.00602. The first-order valence-electron chi connectivity index (χ1n) is 18.8. The Bertz CT molecular complexity index is 1910. The smallest absolute Gasteiger partial charge is 0.408 e. The quantitative estimate of drug-likeness (QED) is 0.332. The highest BCUT2D eigenvalue weighted by molar-refractivity contribution is 7.91. The van der Waals surface area contributed by atoms with Gasteiger partial charge in [-0.15, -0.1) is 6.58 Å². The zero-order valence-electron chi connectivity index (χ0n) is 31.7. The lowest BCUT2D eigenvalue weighted by atomic mass is 9.85.